The van der Waals surface area contributed by atoms with Crippen molar-refractivity contribution in [1.82, 2.24) is 16.0 Å². The molecule has 0 aromatic heterocycles. The monoisotopic (exact) mass is 444 g/mol. The summed E-state index contributed by atoms with van der Waals surface area (Å²) < 4.78 is 23.6. The fourth-order valence-electron chi connectivity index (χ4n) is 3.50. The molecule has 0 aliphatic carbocycles. The predicted molar refractivity (Wildman–Crippen MR) is 129 cm³/mol. The van der Waals surface area contributed by atoms with Gasteiger partial charge in [0.2, 0.25) is 0 Å². The van der Waals surface area contributed by atoms with E-state index in [-0.39, 0.29) is 11.6 Å². The fraction of sp³-hybridized carbons (Fsp3) is 0.458. The Bertz CT molecular complexity index is 986. The Kier molecular flexibility index (Phi) is 8.65. The summed E-state index contributed by atoms with van der Waals surface area (Å²) >= 11 is 0. The summed E-state index contributed by atoms with van der Waals surface area (Å²) in [4.78, 5) is 5.04. The number of aryl methyl sites for hydroxylation is 1. The van der Waals surface area contributed by atoms with Gasteiger partial charge in [0.1, 0.15) is 0 Å². The van der Waals surface area contributed by atoms with E-state index in [0.29, 0.717) is 18.0 Å². The molecule has 1 unspecified atom stereocenters. The normalized spacial score (nSPS) is 13.7. The third-order valence-electron chi connectivity index (χ3n) is 5.01. The van der Waals surface area contributed by atoms with Crippen LogP contribution in [0.4, 0.5) is 0 Å². The average molecular weight is 445 g/mol. The minimum atomic E-state index is -3.21. The van der Waals surface area contributed by atoms with E-state index in [4.69, 9.17) is 0 Å². The molecule has 0 saturated carbocycles. The van der Waals surface area contributed by atoms with Crippen LogP contribution in [0, 0.1) is 6.92 Å². The summed E-state index contributed by atoms with van der Waals surface area (Å²) in [6.07, 6.45) is 1.23. The van der Waals surface area contributed by atoms with Gasteiger partial charge in [-0.3, -0.25) is 0 Å². The zero-order chi connectivity index (χ0) is 23.1. The molecule has 0 amide bonds. The van der Waals surface area contributed by atoms with Crippen molar-refractivity contribution in [2.75, 3.05) is 19.3 Å². The molecule has 2 aromatic rings. The number of sulfone groups is 1. The van der Waals surface area contributed by atoms with Gasteiger partial charge in [0.25, 0.3) is 0 Å². The van der Waals surface area contributed by atoms with Crippen LogP contribution in [0.1, 0.15) is 50.4 Å². The molecule has 31 heavy (non-hydrogen) atoms. The van der Waals surface area contributed by atoms with Crippen molar-refractivity contribution >= 4 is 15.8 Å². The van der Waals surface area contributed by atoms with E-state index in [2.05, 4.69) is 66.0 Å². The minimum absolute atomic E-state index is 0.154. The Balaban J connectivity index is 2.01. The first-order valence-corrected chi connectivity index (χ1v) is 12.6. The molecule has 170 valence electrons. The van der Waals surface area contributed by atoms with E-state index < -0.39 is 9.84 Å². The van der Waals surface area contributed by atoms with Gasteiger partial charge in [-0.05, 0) is 57.4 Å². The molecule has 0 fully saturated rings. The quantitative estimate of drug-likeness (QED) is 0.407. The van der Waals surface area contributed by atoms with Crippen LogP contribution in [0.15, 0.2) is 58.4 Å². The molecular weight excluding hydrogens is 408 g/mol. The van der Waals surface area contributed by atoms with Crippen LogP contribution in [-0.2, 0) is 16.4 Å². The Labute approximate surface area is 187 Å². The number of hydrogen-bond acceptors (Lipinski definition) is 4. The Morgan fingerprint density at radius 3 is 2.35 bits per heavy atom. The van der Waals surface area contributed by atoms with E-state index in [9.17, 15) is 8.42 Å². The van der Waals surface area contributed by atoms with Gasteiger partial charge >= 0.3 is 0 Å². The molecule has 0 bridgehead atoms. The van der Waals surface area contributed by atoms with Gasteiger partial charge < -0.3 is 16.0 Å². The molecule has 0 heterocycles. The van der Waals surface area contributed by atoms with Crippen LogP contribution < -0.4 is 16.0 Å². The highest BCUT2D eigenvalue weighted by molar-refractivity contribution is 7.90. The Morgan fingerprint density at radius 1 is 1.10 bits per heavy atom. The van der Waals surface area contributed by atoms with Gasteiger partial charge in [0.05, 0.1) is 11.4 Å². The van der Waals surface area contributed by atoms with Crippen molar-refractivity contribution in [3.63, 3.8) is 0 Å². The first-order valence-electron chi connectivity index (χ1n) is 10.7. The Hall–Kier alpha value is -2.38. The zero-order valence-electron chi connectivity index (χ0n) is 19.5. The van der Waals surface area contributed by atoms with E-state index in [1.807, 2.05) is 32.0 Å². The lowest BCUT2D eigenvalue weighted by Crippen LogP contribution is -2.52. The lowest BCUT2D eigenvalue weighted by atomic mass is 10.0. The molecule has 7 heteroatoms. The van der Waals surface area contributed by atoms with E-state index in [1.165, 1.54) is 11.8 Å². The van der Waals surface area contributed by atoms with Crippen molar-refractivity contribution in [2.24, 2.45) is 4.99 Å². The highest BCUT2D eigenvalue weighted by atomic mass is 32.2. The maximum Gasteiger partial charge on any atom is 0.191 e. The molecule has 0 spiro atoms. The smallest absolute Gasteiger partial charge is 0.191 e. The van der Waals surface area contributed by atoms with Crippen LogP contribution in [0.3, 0.4) is 0 Å². The Morgan fingerprint density at radius 2 is 1.77 bits per heavy atom. The summed E-state index contributed by atoms with van der Waals surface area (Å²) in [5.41, 5.74) is 2.81. The molecule has 0 radical (unpaired) electrons. The third kappa shape index (κ3) is 7.99. The maximum absolute atomic E-state index is 11.8. The zero-order valence-corrected chi connectivity index (χ0v) is 20.3. The molecular formula is C24H36N4O2S. The molecule has 2 rings (SSSR count). The first kappa shape index (κ1) is 24.9. The highest BCUT2D eigenvalue weighted by Crippen LogP contribution is 2.17. The number of benzene rings is 2. The van der Waals surface area contributed by atoms with Crippen molar-refractivity contribution < 1.29 is 8.42 Å². The van der Waals surface area contributed by atoms with Crippen LogP contribution in [0.5, 0.6) is 0 Å². The molecule has 0 aliphatic rings. The van der Waals surface area contributed by atoms with Gasteiger partial charge in [-0.2, -0.15) is 0 Å². The lowest BCUT2D eigenvalue weighted by molar-refractivity contribution is 0.345. The SMILES string of the molecule is CCNC(=NCc1ccc(S(C)(=O)=O)c(C)c1)NCC(C)(C)NC(C)c1ccccc1. The average Bonchev–Trinajstić information content (AvgIpc) is 2.69. The molecule has 6 nitrogen and oxygen atoms in total. The molecule has 3 N–H and O–H groups in total. The van der Waals surface area contributed by atoms with Gasteiger partial charge in [-0.25, -0.2) is 13.4 Å². The van der Waals surface area contributed by atoms with E-state index in [1.54, 1.807) is 6.07 Å². The fourth-order valence-corrected chi connectivity index (χ4v) is 4.46. The second-order valence-electron chi connectivity index (χ2n) is 8.58. The third-order valence-corrected chi connectivity index (χ3v) is 6.26. The lowest BCUT2D eigenvalue weighted by Gasteiger charge is -2.31. The van der Waals surface area contributed by atoms with Gasteiger partial charge in [0.15, 0.2) is 15.8 Å². The van der Waals surface area contributed by atoms with Crippen LogP contribution in [-0.4, -0.2) is 39.3 Å². The number of nitrogens with zero attached hydrogens (tertiary/aromatic N) is 1. The molecule has 1 atom stereocenters. The summed E-state index contributed by atoms with van der Waals surface area (Å²) in [7, 11) is -3.21. The summed E-state index contributed by atoms with van der Waals surface area (Å²) in [6.45, 7) is 12.3. The second-order valence-corrected chi connectivity index (χ2v) is 10.6. The first-order chi connectivity index (χ1) is 14.5. The topological polar surface area (TPSA) is 82.6 Å². The van der Waals surface area contributed by atoms with Crippen molar-refractivity contribution in [1.29, 1.82) is 0 Å². The predicted octanol–water partition coefficient (Wildman–Crippen LogP) is 3.58. The minimum Gasteiger partial charge on any atom is -0.357 e. The number of guanidine groups is 1. The van der Waals surface area contributed by atoms with Crippen molar-refractivity contribution in [2.45, 2.75) is 57.6 Å². The van der Waals surface area contributed by atoms with Gasteiger partial charge in [0, 0.05) is 30.9 Å². The second kappa shape index (κ2) is 10.8. The number of aliphatic imine (C=N–C) groups is 1. The summed E-state index contributed by atoms with van der Waals surface area (Å²) in [5.74, 6) is 0.731. The number of rotatable bonds is 9. The largest absolute Gasteiger partial charge is 0.357 e. The van der Waals surface area contributed by atoms with Crippen molar-refractivity contribution in [3.8, 4) is 0 Å². The summed E-state index contributed by atoms with van der Waals surface area (Å²) in [5, 5.41) is 10.4. The van der Waals surface area contributed by atoms with Crippen LogP contribution in [0.2, 0.25) is 0 Å². The molecule has 2 aromatic carbocycles. The number of nitrogens with one attached hydrogen (secondary N) is 3. The molecule has 0 saturated heterocycles. The van der Waals surface area contributed by atoms with Gasteiger partial charge in [-0.15, -0.1) is 0 Å². The van der Waals surface area contributed by atoms with Crippen LogP contribution >= 0.6 is 0 Å². The maximum atomic E-state index is 11.8. The van der Waals surface area contributed by atoms with E-state index >= 15 is 0 Å². The van der Waals surface area contributed by atoms with Crippen LogP contribution in [0.25, 0.3) is 0 Å². The number of hydrogen-bond donors (Lipinski definition) is 3. The molecule has 0 aliphatic heterocycles. The van der Waals surface area contributed by atoms with Crippen molar-refractivity contribution in [3.05, 3.63) is 65.2 Å². The summed E-state index contributed by atoms with van der Waals surface area (Å²) in [6, 6.07) is 16.0. The standard InChI is InChI=1S/C24H36N4O2S/c1-7-25-23(26-16-20-13-14-22(18(2)15-20)31(6,29)30)27-17-24(4,5)28-19(3)21-11-9-8-10-12-21/h8-15,19,28H,7,16-17H2,1-6H3,(H2,25,26,27). The van der Waals surface area contributed by atoms with E-state index in [0.717, 1.165) is 23.6 Å². The van der Waals surface area contributed by atoms with Gasteiger partial charge in [-0.1, -0.05) is 42.5 Å². The highest BCUT2D eigenvalue weighted by Gasteiger charge is 2.21.